The first-order valence-corrected chi connectivity index (χ1v) is 12.3. The summed E-state index contributed by atoms with van der Waals surface area (Å²) in [5.41, 5.74) is -0.458. The smallest absolute Gasteiger partial charge is 0.388 e. The normalized spacial score (nSPS) is 13.0. The van der Waals surface area contributed by atoms with Crippen LogP contribution >= 0.6 is 35.6 Å². The predicted octanol–water partition coefficient (Wildman–Crippen LogP) is 9.07. The van der Waals surface area contributed by atoms with E-state index in [4.69, 9.17) is 23.2 Å². The SMILES string of the molecule is CCCCN(CCCC)CCC(O)c1cc2c(Cl)c(C(F)(F)F)c(Cl)cc2c2ccccc12.Cl. The Morgan fingerprint density at radius 2 is 1.47 bits per heavy atom. The first-order valence-electron chi connectivity index (χ1n) is 11.5. The highest BCUT2D eigenvalue weighted by Crippen LogP contribution is 2.46. The van der Waals surface area contributed by atoms with Crippen LogP contribution in [0.1, 0.15) is 63.2 Å². The van der Waals surface area contributed by atoms with Gasteiger partial charge in [-0.3, -0.25) is 0 Å². The summed E-state index contributed by atoms with van der Waals surface area (Å²) < 4.78 is 40.8. The van der Waals surface area contributed by atoms with Crippen LogP contribution in [0.15, 0.2) is 36.4 Å². The molecule has 0 saturated carbocycles. The van der Waals surface area contributed by atoms with Crippen molar-refractivity contribution in [3.05, 3.63) is 57.6 Å². The maximum atomic E-state index is 13.6. The fourth-order valence-corrected chi connectivity index (χ4v) is 5.02. The number of unbranched alkanes of at least 4 members (excludes halogenated alkanes) is 2. The average Bonchev–Trinajstić information content (AvgIpc) is 2.77. The van der Waals surface area contributed by atoms with Gasteiger partial charge in [0.15, 0.2) is 0 Å². The predicted molar refractivity (Wildman–Crippen MR) is 140 cm³/mol. The summed E-state index contributed by atoms with van der Waals surface area (Å²) in [4.78, 5) is 2.36. The van der Waals surface area contributed by atoms with Gasteiger partial charge in [0.05, 0.1) is 21.7 Å². The van der Waals surface area contributed by atoms with Gasteiger partial charge < -0.3 is 10.0 Å². The van der Waals surface area contributed by atoms with E-state index < -0.39 is 27.9 Å². The van der Waals surface area contributed by atoms with Crippen LogP contribution in [0.4, 0.5) is 13.2 Å². The third kappa shape index (κ3) is 6.50. The third-order valence-corrected chi connectivity index (χ3v) is 6.79. The van der Waals surface area contributed by atoms with Crippen molar-refractivity contribution < 1.29 is 18.3 Å². The van der Waals surface area contributed by atoms with Crippen LogP contribution in [-0.4, -0.2) is 29.6 Å². The fourth-order valence-electron chi connectivity index (χ4n) is 4.30. The number of alkyl halides is 3. The standard InChI is InChI=1S/C26H30Cl2F3NO.ClH/c1-3-5-12-32(13-6-4-2)14-11-23(33)20-15-21-19(17-9-7-8-10-18(17)20)16-22(27)24(25(21)28)26(29,30)31;/h7-10,15-16,23,33H,3-6,11-14H2,1-2H3;1H. The van der Waals surface area contributed by atoms with E-state index in [0.29, 0.717) is 17.4 Å². The van der Waals surface area contributed by atoms with Crippen molar-refractivity contribution in [3.63, 3.8) is 0 Å². The topological polar surface area (TPSA) is 23.5 Å². The van der Waals surface area contributed by atoms with E-state index in [-0.39, 0.29) is 17.8 Å². The minimum absolute atomic E-state index is 0. The van der Waals surface area contributed by atoms with E-state index in [1.165, 1.54) is 6.07 Å². The average molecular weight is 537 g/mol. The van der Waals surface area contributed by atoms with Crippen LogP contribution in [-0.2, 0) is 6.18 Å². The molecule has 1 atom stereocenters. The molecule has 0 radical (unpaired) electrons. The van der Waals surface area contributed by atoms with Gasteiger partial charge in [-0.15, -0.1) is 12.4 Å². The highest BCUT2D eigenvalue weighted by Gasteiger charge is 2.37. The molecule has 0 aromatic heterocycles. The lowest BCUT2D eigenvalue weighted by Gasteiger charge is -2.24. The van der Waals surface area contributed by atoms with Crippen LogP contribution in [0.5, 0.6) is 0 Å². The molecule has 0 bridgehead atoms. The molecule has 34 heavy (non-hydrogen) atoms. The molecule has 188 valence electrons. The van der Waals surface area contributed by atoms with Crippen LogP contribution in [0.25, 0.3) is 21.5 Å². The summed E-state index contributed by atoms with van der Waals surface area (Å²) in [6, 6.07) is 10.3. The molecule has 1 unspecified atom stereocenters. The Hall–Kier alpha value is -1.24. The summed E-state index contributed by atoms with van der Waals surface area (Å²) in [5, 5.41) is 12.6. The van der Waals surface area contributed by atoms with Crippen LogP contribution in [0.3, 0.4) is 0 Å². The molecule has 0 aliphatic rings. The summed E-state index contributed by atoms with van der Waals surface area (Å²) in [6.07, 6.45) is -0.630. The van der Waals surface area contributed by atoms with Gasteiger partial charge in [0, 0.05) is 11.9 Å². The zero-order chi connectivity index (χ0) is 24.2. The molecule has 0 saturated heterocycles. The van der Waals surface area contributed by atoms with Gasteiger partial charge in [0.25, 0.3) is 0 Å². The largest absolute Gasteiger partial charge is 0.419 e. The molecule has 0 fully saturated rings. The quantitative estimate of drug-likeness (QED) is 0.261. The maximum Gasteiger partial charge on any atom is 0.419 e. The van der Waals surface area contributed by atoms with E-state index in [1.807, 2.05) is 24.3 Å². The number of fused-ring (bicyclic) bond motifs is 3. The van der Waals surface area contributed by atoms with Crippen LogP contribution in [0.2, 0.25) is 10.0 Å². The van der Waals surface area contributed by atoms with Crippen molar-refractivity contribution >= 4 is 57.2 Å². The van der Waals surface area contributed by atoms with Crippen molar-refractivity contribution in [2.75, 3.05) is 19.6 Å². The Bertz CT molecular complexity index is 1100. The molecule has 0 spiro atoms. The second-order valence-corrected chi connectivity index (χ2v) is 9.29. The Kier molecular flexibility index (Phi) is 10.8. The number of rotatable bonds is 10. The molecule has 0 aliphatic carbocycles. The van der Waals surface area contributed by atoms with Crippen molar-refractivity contribution in [3.8, 4) is 0 Å². The highest BCUT2D eigenvalue weighted by molar-refractivity contribution is 6.41. The molecule has 3 aromatic carbocycles. The Morgan fingerprint density at radius 1 is 0.882 bits per heavy atom. The van der Waals surface area contributed by atoms with Crippen molar-refractivity contribution in [1.29, 1.82) is 0 Å². The van der Waals surface area contributed by atoms with Crippen molar-refractivity contribution in [2.45, 2.75) is 58.2 Å². The minimum atomic E-state index is -4.67. The van der Waals surface area contributed by atoms with E-state index >= 15 is 0 Å². The number of nitrogens with zero attached hydrogens (tertiary/aromatic N) is 1. The summed E-state index contributed by atoms with van der Waals surface area (Å²) in [5.74, 6) is 0. The molecule has 3 rings (SSSR count). The lowest BCUT2D eigenvalue weighted by atomic mass is 9.92. The van der Waals surface area contributed by atoms with E-state index in [9.17, 15) is 18.3 Å². The lowest BCUT2D eigenvalue weighted by molar-refractivity contribution is -0.137. The van der Waals surface area contributed by atoms with Crippen molar-refractivity contribution in [2.24, 2.45) is 0 Å². The van der Waals surface area contributed by atoms with Crippen LogP contribution < -0.4 is 0 Å². The van der Waals surface area contributed by atoms with Gasteiger partial charge in [-0.25, -0.2) is 0 Å². The molecular weight excluding hydrogens is 506 g/mol. The molecular formula is C26H31Cl3F3NO. The van der Waals surface area contributed by atoms with Gasteiger partial charge in [-0.05, 0) is 66.2 Å². The monoisotopic (exact) mass is 535 g/mol. The fraction of sp³-hybridized carbons (Fsp3) is 0.462. The summed E-state index contributed by atoms with van der Waals surface area (Å²) in [7, 11) is 0. The number of benzene rings is 3. The zero-order valence-electron chi connectivity index (χ0n) is 19.4. The highest BCUT2D eigenvalue weighted by atomic mass is 35.5. The van der Waals surface area contributed by atoms with E-state index in [1.54, 1.807) is 6.07 Å². The zero-order valence-corrected chi connectivity index (χ0v) is 21.7. The molecule has 3 aromatic rings. The number of hydrogen-bond acceptors (Lipinski definition) is 2. The molecule has 0 amide bonds. The third-order valence-electron chi connectivity index (χ3n) is 6.10. The minimum Gasteiger partial charge on any atom is -0.388 e. The maximum absolute atomic E-state index is 13.6. The number of halogens is 6. The Morgan fingerprint density at radius 3 is 2.03 bits per heavy atom. The van der Waals surface area contributed by atoms with E-state index in [0.717, 1.165) is 56.1 Å². The Balaban J connectivity index is 0.00000408. The number of hydrogen-bond donors (Lipinski definition) is 1. The molecule has 2 nitrogen and oxygen atoms in total. The molecule has 8 heteroatoms. The molecule has 0 heterocycles. The number of aliphatic hydroxyl groups is 1. The van der Waals surface area contributed by atoms with Crippen molar-refractivity contribution in [1.82, 2.24) is 4.90 Å². The van der Waals surface area contributed by atoms with Gasteiger partial charge in [0.2, 0.25) is 0 Å². The second kappa shape index (κ2) is 12.6. The van der Waals surface area contributed by atoms with Gasteiger partial charge in [-0.2, -0.15) is 13.2 Å². The van der Waals surface area contributed by atoms with E-state index in [2.05, 4.69) is 18.7 Å². The number of aliphatic hydroxyl groups excluding tert-OH is 1. The molecule has 1 N–H and O–H groups in total. The molecule has 0 aliphatic heterocycles. The van der Waals surface area contributed by atoms with Gasteiger partial charge in [0.1, 0.15) is 0 Å². The first kappa shape index (κ1) is 29.0. The van der Waals surface area contributed by atoms with Gasteiger partial charge >= 0.3 is 6.18 Å². The second-order valence-electron chi connectivity index (χ2n) is 8.50. The summed E-state index contributed by atoms with van der Waals surface area (Å²) in [6.45, 7) is 6.97. The van der Waals surface area contributed by atoms with Gasteiger partial charge in [-0.1, -0.05) is 74.2 Å². The summed E-state index contributed by atoms with van der Waals surface area (Å²) >= 11 is 12.3. The first-order chi connectivity index (χ1) is 15.7. The Labute approximate surface area is 215 Å². The lowest BCUT2D eigenvalue weighted by Crippen LogP contribution is -2.28. The van der Waals surface area contributed by atoms with Crippen LogP contribution in [0, 0.1) is 0 Å².